The maximum atomic E-state index is 11.6. The predicted octanol–water partition coefficient (Wildman–Crippen LogP) is 2.77. The molecule has 0 fully saturated rings. The SMILES string of the molecule is C=CCNC(=O)c1ccc(COc2ccccc2)o1. The zero-order valence-corrected chi connectivity index (χ0v) is 10.5. The summed E-state index contributed by atoms with van der Waals surface area (Å²) < 4.78 is 10.9. The summed E-state index contributed by atoms with van der Waals surface area (Å²) in [5.41, 5.74) is 0. The lowest BCUT2D eigenvalue weighted by atomic mass is 10.3. The minimum atomic E-state index is -0.258. The number of carbonyl (C=O) groups is 1. The van der Waals surface area contributed by atoms with Crippen LogP contribution < -0.4 is 10.1 Å². The number of hydrogen-bond donors (Lipinski definition) is 1. The summed E-state index contributed by atoms with van der Waals surface area (Å²) in [6.45, 7) is 4.23. The fourth-order valence-corrected chi connectivity index (χ4v) is 1.50. The number of amides is 1. The van der Waals surface area contributed by atoms with Crippen LogP contribution in [-0.4, -0.2) is 12.5 Å². The van der Waals surface area contributed by atoms with Crippen molar-refractivity contribution in [2.24, 2.45) is 0 Å². The Hall–Kier alpha value is -2.49. The van der Waals surface area contributed by atoms with E-state index >= 15 is 0 Å². The second-order valence-electron chi connectivity index (χ2n) is 3.87. The quantitative estimate of drug-likeness (QED) is 0.809. The van der Waals surface area contributed by atoms with E-state index in [9.17, 15) is 4.79 Å². The molecule has 1 heterocycles. The number of nitrogens with one attached hydrogen (secondary N) is 1. The van der Waals surface area contributed by atoms with E-state index in [1.165, 1.54) is 0 Å². The van der Waals surface area contributed by atoms with Crippen molar-refractivity contribution < 1.29 is 13.9 Å². The van der Waals surface area contributed by atoms with Gasteiger partial charge in [-0.15, -0.1) is 6.58 Å². The largest absolute Gasteiger partial charge is 0.486 e. The molecule has 2 aromatic rings. The van der Waals surface area contributed by atoms with E-state index in [-0.39, 0.29) is 11.7 Å². The van der Waals surface area contributed by atoms with Gasteiger partial charge in [0.15, 0.2) is 5.76 Å². The molecular weight excluding hydrogens is 242 g/mol. The van der Waals surface area contributed by atoms with Gasteiger partial charge in [0.1, 0.15) is 18.1 Å². The van der Waals surface area contributed by atoms with Gasteiger partial charge in [-0.3, -0.25) is 4.79 Å². The number of carbonyl (C=O) groups excluding carboxylic acids is 1. The van der Waals surface area contributed by atoms with Crippen LogP contribution in [-0.2, 0) is 6.61 Å². The number of benzene rings is 1. The standard InChI is InChI=1S/C15H15NO3/c1-2-10-16-15(17)14-9-8-13(19-14)11-18-12-6-4-3-5-7-12/h2-9H,1,10-11H2,(H,16,17). The molecule has 4 nitrogen and oxygen atoms in total. The van der Waals surface area contributed by atoms with Gasteiger partial charge in [0.05, 0.1) is 0 Å². The van der Waals surface area contributed by atoms with E-state index in [2.05, 4.69) is 11.9 Å². The zero-order chi connectivity index (χ0) is 13.5. The minimum absolute atomic E-state index is 0.258. The molecule has 0 saturated heterocycles. The van der Waals surface area contributed by atoms with Crippen molar-refractivity contribution in [3.63, 3.8) is 0 Å². The lowest BCUT2D eigenvalue weighted by Gasteiger charge is -2.03. The molecule has 1 aromatic heterocycles. The highest BCUT2D eigenvalue weighted by Crippen LogP contribution is 2.13. The van der Waals surface area contributed by atoms with Crippen LogP contribution in [0.4, 0.5) is 0 Å². The van der Waals surface area contributed by atoms with Crippen molar-refractivity contribution in [1.29, 1.82) is 0 Å². The average Bonchev–Trinajstić information content (AvgIpc) is 2.92. The van der Waals surface area contributed by atoms with Gasteiger partial charge in [-0.25, -0.2) is 0 Å². The van der Waals surface area contributed by atoms with Gasteiger partial charge >= 0.3 is 0 Å². The third kappa shape index (κ3) is 3.74. The summed E-state index contributed by atoms with van der Waals surface area (Å²) in [7, 11) is 0. The van der Waals surface area contributed by atoms with Gasteiger partial charge < -0.3 is 14.5 Å². The average molecular weight is 257 g/mol. The van der Waals surface area contributed by atoms with Crippen molar-refractivity contribution in [2.45, 2.75) is 6.61 Å². The molecule has 1 amide bonds. The molecule has 2 rings (SSSR count). The van der Waals surface area contributed by atoms with Crippen molar-refractivity contribution in [3.05, 3.63) is 66.6 Å². The number of rotatable bonds is 6. The van der Waals surface area contributed by atoms with Crippen LogP contribution in [0.25, 0.3) is 0 Å². The van der Waals surface area contributed by atoms with Gasteiger partial charge in [-0.05, 0) is 24.3 Å². The van der Waals surface area contributed by atoms with Gasteiger partial charge in [-0.1, -0.05) is 24.3 Å². The Morgan fingerprint density at radius 2 is 2.05 bits per heavy atom. The highest BCUT2D eigenvalue weighted by atomic mass is 16.5. The Labute approximate surface area is 111 Å². The third-order valence-corrected chi connectivity index (χ3v) is 2.42. The Bertz CT molecular complexity index is 546. The summed E-state index contributed by atoms with van der Waals surface area (Å²) >= 11 is 0. The number of furan rings is 1. The monoisotopic (exact) mass is 257 g/mol. The molecule has 98 valence electrons. The second kappa shape index (κ2) is 6.44. The van der Waals surface area contributed by atoms with E-state index in [4.69, 9.17) is 9.15 Å². The van der Waals surface area contributed by atoms with Crippen molar-refractivity contribution in [3.8, 4) is 5.75 Å². The molecule has 0 bridgehead atoms. The van der Waals surface area contributed by atoms with Crippen LogP contribution in [0.15, 0.2) is 59.5 Å². The van der Waals surface area contributed by atoms with E-state index in [1.807, 2.05) is 30.3 Å². The molecule has 0 unspecified atom stereocenters. The summed E-state index contributed by atoms with van der Waals surface area (Å²) in [5, 5.41) is 2.64. The molecular formula is C15H15NO3. The third-order valence-electron chi connectivity index (χ3n) is 2.42. The Kier molecular flexibility index (Phi) is 4.39. The fraction of sp³-hybridized carbons (Fsp3) is 0.133. The van der Waals surface area contributed by atoms with Crippen LogP contribution in [0.3, 0.4) is 0 Å². The number of hydrogen-bond acceptors (Lipinski definition) is 3. The van der Waals surface area contributed by atoms with E-state index in [0.717, 1.165) is 5.75 Å². The first-order valence-electron chi connectivity index (χ1n) is 5.95. The van der Waals surface area contributed by atoms with E-state index in [0.29, 0.717) is 18.9 Å². The number of ether oxygens (including phenoxy) is 1. The first kappa shape index (κ1) is 13.0. The molecule has 0 aliphatic carbocycles. The summed E-state index contributed by atoms with van der Waals surface area (Å²) in [4.78, 5) is 11.6. The van der Waals surface area contributed by atoms with Gasteiger partial charge in [0.25, 0.3) is 5.91 Å². The van der Waals surface area contributed by atoms with Crippen molar-refractivity contribution in [1.82, 2.24) is 5.32 Å². The lowest BCUT2D eigenvalue weighted by molar-refractivity contribution is 0.0926. The normalized spacial score (nSPS) is 9.89. The minimum Gasteiger partial charge on any atom is -0.486 e. The van der Waals surface area contributed by atoms with Gasteiger partial charge in [-0.2, -0.15) is 0 Å². The highest BCUT2D eigenvalue weighted by Gasteiger charge is 2.10. The molecule has 1 aromatic carbocycles. The molecule has 0 aliphatic heterocycles. The second-order valence-corrected chi connectivity index (χ2v) is 3.87. The fourth-order valence-electron chi connectivity index (χ4n) is 1.50. The Morgan fingerprint density at radius 1 is 1.26 bits per heavy atom. The summed E-state index contributed by atoms with van der Waals surface area (Å²) in [6.07, 6.45) is 1.61. The van der Waals surface area contributed by atoms with Gasteiger partial charge in [0.2, 0.25) is 0 Å². The molecule has 4 heteroatoms. The van der Waals surface area contributed by atoms with Crippen LogP contribution >= 0.6 is 0 Å². The van der Waals surface area contributed by atoms with Crippen LogP contribution in [0, 0.1) is 0 Å². The first-order chi connectivity index (χ1) is 9.29. The number of para-hydroxylation sites is 1. The lowest BCUT2D eigenvalue weighted by Crippen LogP contribution is -2.22. The molecule has 0 spiro atoms. The van der Waals surface area contributed by atoms with E-state index < -0.39 is 0 Å². The first-order valence-corrected chi connectivity index (χ1v) is 5.95. The molecule has 0 radical (unpaired) electrons. The Balaban J connectivity index is 1.90. The summed E-state index contributed by atoms with van der Waals surface area (Å²) in [6, 6.07) is 12.8. The topological polar surface area (TPSA) is 51.5 Å². The van der Waals surface area contributed by atoms with E-state index in [1.54, 1.807) is 18.2 Å². The Morgan fingerprint density at radius 3 is 2.79 bits per heavy atom. The molecule has 0 saturated carbocycles. The predicted molar refractivity (Wildman–Crippen MR) is 72.0 cm³/mol. The maximum absolute atomic E-state index is 11.6. The molecule has 19 heavy (non-hydrogen) atoms. The maximum Gasteiger partial charge on any atom is 0.287 e. The van der Waals surface area contributed by atoms with Crippen LogP contribution in [0.1, 0.15) is 16.3 Å². The molecule has 0 aliphatic rings. The van der Waals surface area contributed by atoms with Crippen molar-refractivity contribution in [2.75, 3.05) is 6.54 Å². The smallest absolute Gasteiger partial charge is 0.287 e. The summed E-state index contributed by atoms with van der Waals surface area (Å²) in [5.74, 6) is 1.38. The van der Waals surface area contributed by atoms with Crippen LogP contribution in [0.5, 0.6) is 5.75 Å². The van der Waals surface area contributed by atoms with Gasteiger partial charge in [0, 0.05) is 6.54 Å². The zero-order valence-electron chi connectivity index (χ0n) is 10.5. The molecule has 0 atom stereocenters. The molecule has 1 N–H and O–H groups in total. The van der Waals surface area contributed by atoms with Crippen LogP contribution in [0.2, 0.25) is 0 Å². The van der Waals surface area contributed by atoms with Crippen molar-refractivity contribution >= 4 is 5.91 Å². The highest BCUT2D eigenvalue weighted by molar-refractivity contribution is 5.91.